The van der Waals surface area contributed by atoms with Crippen molar-refractivity contribution in [2.24, 2.45) is 0 Å². The van der Waals surface area contributed by atoms with Gasteiger partial charge in [-0.05, 0) is 121 Å². The number of fused-ring (bicyclic) bond motifs is 9. The fraction of sp³-hybridized carbons (Fsp3) is 0.0526. The van der Waals surface area contributed by atoms with Crippen molar-refractivity contribution in [1.82, 2.24) is 4.57 Å². The van der Waals surface area contributed by atoms with Gasteiger partial charge in [0, 0.05) is 33.1 Å². The second-order valence-corrected chi connectivity index (χ2v) is 16.5. The van der Waals surface area contributed by atoms with Crippen molar-refractivity contribution in [2.75, 3.05) is 4.90 Å². The van der Waals surface area contributed by atoms with E-state index in [0.29, 0.717) is 0 Å². The zero-order chi connectivity index (χ0) is 39.2. The predicted octanol–water partition coefficient (Wildman–Crippen LogP) is 15.7. The Morgan fingerprint density at radius 1 is 0.407 bits per heavy atom. The highest BCUT2D eigenvalue weighted by atomic mass is 15.2. The molecular formula is C57H40N2. The summed E-state index contributed by atoms with van der Waals surface area (Å²) in [4.78, 5) is 2.55. The van der Waals surface area contributed by atoms with E-state index in [2.05, 4.69) is 230 Å². The summed E-state index contributed by atoms with van der Waals surface area (Å²) in [7, 11) is 0. The number of rotatable bonds is 5. The van der Waals surface area contributed by atoms with Crippen LogP contribution in [0, 0.1) is 0 Å². The van der Waals surface area contributed by atoms with Crippen LogP contribution >= 0.6 is 0 Å². The summed E-state index contributed by atoms with van der Waals surface area (Å²) in [6.45, 7) is 4.76. The molecular weight excluding hydrogens is 713 g/mol. The first-order valence-corrected chi connectivity index (χ1v) is 20.6. The number of nitrogens with zero attached hydrogens (tertiary/aromatic N) is 2. The maximum absolute atomic E-state index is 2.55. The molecule has 0 saturated carbocycles. The van der Waals surface area contributed by atoms with Gasteiger partial charge in [0.05, 0.1) is 22.4 Å². The molecule has 0 fully saturated rings. The fourth-order valence-electron chi connectivity index (χ4n) is 10.1. The van der Waals surface area contributed by atoms with Crippen LogP contribution in [-0.4, -0.2) is 4.57 Å². The van der Waals surface area contributed by atoms with Gasteiger partial charge in [0.15, 0.2) is 0 Å². The highest BCUT2D eigenvalue weighted by Crippen LogP contribution is 2.54. The lowest BCUT2D eigenvalue weighted by Crippen LogP contribution is -2.16. The largest absolute Gasteiger partial charge is 0.308 e. The van der Waals surface area contributed by atoms with Crippen molar-refractivity contribution >= 4 is 71.2 Å². The predicted molar refractivity (Wildman–Crippen MR) is 251 cm³/mol. The van der Waals surface area contributed by atoms with Crippen LogP contribution in [0.1, 0.15) is 25.0 Å². The molecule has 10 aromatic carbocycles. The Labute approximate surface area is 343 Å². The first kappa shape index (κ1) is 33.7. The summed E-state index contributed by atoms with van der Waals surface area (Å²) in [6, 6.07) is 76.4. The molecule has 1 aromatic heterocycles. The van der Waals surface area contributed by atoms with E-state index in [0.717, 1.165) is 22.7 Å². The molecule has 278 valence electrons. The quantitative estimate of drug-likeness (QED) is 0.170. The van der Waals surface area contributed by atoms with Gasteiger partial charge in [0.1, 0.15) is 0 Å². The lowest BCUT2D eigenvalue weighted by Gasteiger charge is -2.31. The normalized spacial score (nSPS) is 13.1. The molecule has 0 bridgehead atoms. The summed E-state index contributed by atoms with van der Waals surface area (Å²) in [5.41, 5.74) is 14.5. The average Bonchev–Trinajstić information content (AvgIpc) is 3.74. The highest BCUT2D eigenvalue weighted by Gasteiger charge is 2.36. The summed E-state index contributed by atoms with van der Waals surface area (Å²) in [5.74, 6) is 0. The van der Waals surface area contributed by atoms with Gasteiger partial charge in [-0.2, -0.15) is 0 Å². The molecule has 11 aromatic rings. The van der Waals surface area contributed by atoms with E-state index in [9.17, 15) is 0 Å². The number of para-hydroxylation sites is 3. The maximum atomic E-state index is 2.55. The maximum Gasteiger partial charge on any atom is 0.0782 e. The molecule has 12 rings (SSSR count). The highest BCUT2D eigenvalue weighted by molar-refractivity contribution is 6.16. The third-order valence-corrected chi connectivity index (χ3v) is 12.9. The second kappa shape index (κ2) is 12.8. The Bertz CT molecular complexity index is 3480. The lowest BCUT2D eigenvalue weighted by molar-refractivity contribution is 0.661. The second-order valence-electron chi connectivity index (χ2n) is 16.5. The molecule has 0 N–H and O–H groups in total. The van der Waals surface area contributed by atoms with E-state index in [-0.39, 0.29) is 5.41 Å². The minimum Gasteiger partial charge on any atom is -0.308 e. The molecule has 0 spiro atoms. The Morgan fingerprint density at radius 2 is 1.03 bits per heavy atom. The van der Waals surface area contributed by atoms with Crippen molar-refractivity contribution in [1.29, 1.82) is 0 Å². The lowest BCUT2D eigenvalue weighted by atomic mass is 9.82. The van der Waals surface area contributed by atoms with Gasteiger partial charge in [-0.25, -0.2) is 0 Å². The standard InChI is InChI=1S/C57H40N2/c1-57(2)50-31-30-44(36-49(50)48-34-40-18-8-9-19-41(40)35-51(48)57)58(54-26-14-24-47-46-23-12-13-25-52(46)59(56(47)54)43-20-4-3-5-21-43)53-32-29-38-16-10-11-22-45(38)55(53)42-28-27-37-15-6-7-17-39(37)33-42/h3-36H,1-2H3. The number of hydrogen-bond donors (Lipinski definition) is 0. The fourth-order valence-corrected chi connectivity index (χ4v) is 10.1. The molecule has 1 heterocycles. The van der Waals surface area contributed by atoms with E-state index in [1.165, 1.54) is 87.5 Å². The van der Waals surface area contributed by atoms with Gasteiger partial charge in [-0.15, -0.1) is 0 Å². The topological polar surface area (TPSA) is 8.17 Å². The van der Waals surface area contributed by atoms with E-state index >= 15 is 0 Å². The van der Waals surface area contributed by atoms with Crippen LogP contribution in [0.2, 0.25) is 0 Å². The van der Waals surface area contributed by atoms with Gasteiger partial charge in [0.2, 0.25) is 0 Å². The van der Waals surface area contributed by atoms with Gasteiger partial charge >= 0.3 is 0 Å². The first-order chi connectivity index (χ1) is 29.0. The van der Waals surface area contributed by atoms with Crippen molar-refractivity contribution in [3.8, 4) is 27.9 Å². The summed E-state index contributed by atoms with van der Waals surface area (Å²) < 4.78 is 2.46. The third kappa shape index (κ3) is 5.06. The van der Waals surface area contributed by atoms with Gasteiger partial charge in [-0.1, -0.05) is 159 Å². The van der Waals surface area contributed by atoms with Crippen molar-refractivity contribution in [2.45, 2.75) is 19.3 Å². The van der Waals surface area contributed by atoms with Gasteiger partial charge < -0.3 is 9.47 Å². The molecule has 0 radical (unpaired) electrons. The minimum atomic E-state index is -0.142. The monoisotopic (exact) mass is 752 g/mol. The number of aromatic nitrogens is 1. The van der Waals surface area contributed by atoms with Crippen LogP contribution in [-0.2, 0) is 5.41 Å². The molecule has 0 atom stereocenters. The molecule has 1 aliphatic rings. The number of benzene rings is 10. The Morgan fingerprint density at radius 3 is 1.85 bits per heavy atom. The van der Waals surface area contributed by atoms with Crippen LogP contribution in [0.4, 0.5) is 17.1 Å². The molecule has 2 heteroatoms. The Kier molecular flexibility index (Phi) is 7.31. The Balaban J connectivity index is 1.21. The van der Waals surface area contributed by atoms with Crippen LogP contribution in [0.15, 0.2) is 206 Å². The third-order valence-electron chi connectivity index (χ3n) is 12.9. The zero-order valence-electron chi connectivity index (χ0n) is 33.0. The van der Waals surface area contributed by atoms with Crippen molar-refractivity contribution < 1.29 is 0 Å². The van der Waals surface area contributed by atoms with Crippen LogP contribution < -0.4 is 4.90 Å². The van der Waals surface area contributed by atoms with E-state index in [1.807, 2.05) is 0 Å². The molecule has 2 nitrogen and oxygen atoms in total. The van der Waals surface area contributed by atoms with Gasteiger partial charge in [0.25, 0.3) is 0 Å². The van der Waals surface area contributed by atoms with Crippen molar-refractivity contribution in [3.05, 3.63) is 217 Å². The average molecular weight is 753 g/mol. The van der Waals surface area contributed by atoms with Gasteiger partial charge in [-0.3, -0.25) is 0 Å². The molecule has 59 heavy (non-hydrogen) atoms. The smallest absolute Gasteiger partial charge is 0.0782 e. The van der Waals surface area contributed by atoms with E-state index < -0.39 is 0 Å². The summed E-state index contributed by atoms with van der Waals surface area (Å²) >= 11 is 0. The summed E-state index contributed by atoms with van der Waals surface area (Å²) in [5, 5.41) is 9.91. The Hall–Kier alpha value is -7.42. The molecule has 0 aliphatic heterocycles. The molecule has 0 unspecified atom stereocenters. The SMILES string of the molecule is CC1(C)c2ccc(N(c3ccc4ccccc4c3-c3ccc4ccccc4c3)c3cccc4c5ccccc5n(-c5ccccc5)c34)cc2-c2cc3ccccc3cc21. The van der Waals surface area contributed by atoms with E-state index in [1.54, 1.807) is 0 Å². The number of anilines is 3. The molecule has 0 saturated heterocycles. The van der Waals surface area contributed by atoms with E-state index in [4.69, 9.17) is 0 Å². The summed E-state index contributed by atoms with van der Waals surface area (Å²) in [6.07, 6.45) is 0. The number of hydrogen-bond acceptors (Lipinski definition) is 1. The molecule has 1 aliphatic carbocycles. The molecule has 0 amide bonds. The first-order valence-electron chi connectivity index (χ1n) is 20.6. The van der Waals surface area contributed by atoms with Crippen LogP contribution in [0.3, 0.4) is 0 Å². The van der Waals surface area contributed by atoms with Crippen LogP contribution in [0.25, 0.3) is 82.1 Å². The van der Waals surface area contributed by atoms with Crippen molar-refractivity contribution in [3.63, 3.8) is 0 Å². The van der Waals surface area contributed by atoms with Crippen LogP contribution in [0.5, 0.6) is 0 Å². The minimum absolute atomic E-state index is 0.142. The zero-order valence-corrected chi connectivity index (χ0v) is 33.0.